The molecule has 0 N–H and O–H groups in total. The van der Waals surface area contributed by atoms with Crippen LogP contribution in [0.25, 0.3) is 0 Å². The number of para-hydroxylation sites is 1. The Morgan fingerprint density at radius 2 is 1.74 bits per heavy atom. The van der Waals surface area contributed by atoms with Gasteiger partial charge in [0.05, 0.1) is 13.0 Å². The van der Waals surface area contributed by atoms with Crippen LogP contribution < -0.4 is 4.74 Å². The maximum Gasteiger partial charge on any atom is 0.228 e. The smallest absolute Gasteiger partial charge is 0.228 e. The molecule has 0 radical (unpaired) electrons. The maximum atomic E-state index is 13.2. The van der Waals surface area contributed by atoms with Crippen LogP contribution in [-0.4, -0.2) is 48.9 Å². The number of ether oxygens (including phenoxy) is 1. The van der Waals surface area contributed by atoms with Gasteiger partial charge in [0.2, 0.25) is 11.8 Å². The molecule has 0 bridgehead atoms. The Morgan fingerprint density at radius 3 is 2.41 bits per heavy atom. The van der Waals surface area contributed by atoms with Gasteiger partial charge in [-0.15, -0.1) is 0 Å². The largest absolute Gasteiger partial charge is 0.496 e. The fraction of sp³-hybridized carbons (Fsp3) is 0.364. The molecule has 0 aliphatic carbocycles. The number of carbonyl (C=O) groups is 2. The first kappa shape index (κ1) is 19.0. The number of hydrogen-bond donors (Lipinski definition) is 0. The fourth-order valence-corrected chi connectivity index (χ4v) is 3.82. The van der Waals surface area contributed by atoms with E-state index in [1.165, 1.54) is 0 Å². The Hall–Kier alpha value is -2.82. The van der Waals surface area contributed by atoms with Crippen molar-refractivity contribution >= 4 is 11.8 Å². The summed E-state index contributed by atoms with van der Waals surface area (Å²) in [6, 6.07) is 17.7. The minimum absolute atomic E-state index is 0.00379. The lowest BCUT2D eigenvalue weighted by Gasteiger charge is -2.25. The van der Waals surface area contributed by atoms with Crippen molar-refractivity contribution in [3.05, 3.63) is 65.7 Å². The molecule has 3 rings (SSSR count). The SMILES string of the molecule is COc1ccccc1C1CN(C(C)=O)CC1C(=O)N(C)Cc1ccccc1. The van der Waals surface area contributed by atoms with Gasteiger partial charge in [-0.2, -0.15) is 0 Å². The molecule has 0 saturated carbocycles. The van der Waals surface area contributed by atoms with E-state index in [0.717, 1.165) is 16.9 Å². The van der Waals surface area contributed by atoms with Crippen LogP contribution in [0.4, 0.5) is 0 Å². The highest BCUT2D eigenvalue weighted by atomic mass is 16.5. The third-order valence-electron chi connectivity index (χ3n) is 5.26. The fourth-order valence-electron chi connectivity index (χ4n) is 3.82. The lowest BCUT2D eigenvalue weighted by molar-refractivity contribution is -0.135. The predicted octanol–water partition coefficient (Wildman–Crippen LogP) is 2.92. The highest BCUT2D eigenvalue weighted by Crippen LogP contribution is 2.38. The van der Waals surface area contributed by atoms with E-state index >= 15 is 0 Å². The Kier molecular flexibility index (Phi) is 5.79. The van der Waals surface area contributed by atoms with Gasteiger partial charge in [-0.1, -0.05) is 48.5 Å². The van der Waals surface area contributed by atoms with E-state index in [9.17, 15) is 9.59 Å². The molecule has 1 saturated heterocycles. The topological polar surface area (TPSA) is 49.9 Å². The van der Waals surface area contributed by atoms with Crippen molar-refractivity contribution in [1.29, 1.82) is 0 Å². The van der Waals surface area contributed by atoms with E-state index in [2.05, 4.69) is 0 Å². The molecule has 5 nitrogen and oxygen atoms in total. The monoisotopic (exact) mass is 366 g/mol. The summed E-state index contributed by atoms with van der Waals surface area (Å²) in [6.45, 7) is 3.08. The zero-order chi connectivity index (χ0) is 19.4. The maximum absolute atomic E-state index is 13.2. The van der Waals surface area contributed by atoms with Crippen LogP contribution in [0.2, 0.25) is 0 Å². The zero-order valence-electron chi connectivity index (χ0n) is 16.1. The van der Waals surface area contributed by atoms with Crippen LogP contribution in [0.5, 0.6) is 5.75 Å². The van der Waals surface area contributed by atoms with Gasteiger partial charge in [0, 0.05) is 39.5 Å². The normalized spacial score (nSPS) is 19.0. The third kappa shape index (κ3) is 4.13. The number of amides is 2. The highest BCUT2D eigenvalue weighted by molar-refractivity contribution is 5.83. The summed E-state index contributed by atoms with van der Waals surface area (Å²) in [5.41, 5.74) is 2.07. The van der Waals surface area contributed by atoms with Crippen molar-refractivity contribution in [2.75, 3.05) is 27.2 Å². The first-order valence-corrected chi connectivity index (χ1v) is 9.18. The van der Waals surface area contributed by atoms with Crippen LogP contribution in [0, 0.1) is 5.92 Å². The van der Waals surface area contributed by atoms with Gasteiger partial charge >= 0.3 is 0 Å². The second-order valence-corrected chi connectivity index (χ2v) is 7.06. The number of likely N-dealkylation sites (tertiary alicyclic amines) is 1. The van der Waals surface area contributed by atoms with E-state index in [1.54, 1.807) is 23.8 Å². The van der Waals surface area contributed by atoms with E-state index in [1.807, 2.05) is 61.6 Å². The molecule has 1 aliphatic rings. The summed E-state index contributed by atoms with van der Waals surface area (Å²) in [7, 11) is 3.46. The van der Waals surface area contributed by atoms with Gasteiger partial charge in [0.15, 0.2) is 0 Å². The van der Waals surface area contributed by atoms with Gasteiger partial charge in [0.1, 0.15) is 5.75 Å². The number of nitrogens with zero attached hydrogens (tertiary/aromatic N) is 2. The Balaban J connectivity index is 1.85. The summed E-state index contributed by atoms with van der Waals surface area (Å²) in [5.74, 6) is 0.459. The predicted molar refractivity (Wildman–Crippen MR) is 104 cm³/mol. The molecular weight excluding hydrogens is 340 g/mol. The summed E-state index contributed by atoms with van der Waals surface area (Å²) in [4.78, 5) is 28.7. The Bertz CT molecular complexity index is 806. The van der Waals surface area contributed by atoms with Gasteiger partial charge < -0.3 is 14.5 Å². The molecule has 27 heavy (non-hydrogen) atoms. The Labute approximate surface area is 160 Å². The Morgan fingerprint density at radius 1 is 1.07 bits per heavy atom. The van der Waals surface area contributed by atoms with Crippen LogP contribution in [0.3, 0.4) is 0 Å². The first-order valence-electron chi connectivity index (χ1n) is 9.18. The van der Waals surface area contributed by atoms with Crippen LogP contribution in [-0.2, 0) is 16.1 Å². The van der Waals surface area contributed by atoms with Crippen molar-refractivity contribution in [2.45, 2.75) is 19.4 Å². The van der Waals surface area contributed by atoms with Gasteiger partial charge in [-0.05, 0) is 17.2 Å². The molecule has 1 aliphatic heterocycles. The molecule has 2 atom stereocenters. The second-order valence-electron chi connectivity index (χ2n) is 7.06. The van der Waals surface area contributed by atoms with Crippen molar-refractivity contribution in [3.63, 3.8) is 0 Å². The molecule has 1 heterocycles. The summed E-state index contributed by atoms with van der Waals surface area (Å²) in [6.07, 6.45) is 0. The van der Waals surface area contributed by atoms with Crippen LogP contribution in [0.15, 0.2) is 54.6 Å². The van der Waals surface area contributed by atoms with E-state index in [0.29, 0.717) is 19.6 Å². The van der Waals surface area contributed by atoms with Crippen molar-refractivity contribution in [2.24, 2.45) is 5.92 Å². The number of carbonyl (C=O) groups excluding carboxylic acids is 2. The molecule has 2 unspecified atom stereocenters. The van der Waals surface area contributed by atoms with Crippen molar-refractivity contribution in [3.8, 4) is 5.75 Å². The average Bonchev–Trinajstić information content (AvgIpc) is 3.13. The lowest BCUT2D eigenvalue weighted by atomic mass is 9.87. The van der Waals surface area contributed by atoms with Gasteiger partial charge in [-0.3, -0.25) is 9.59 Å². The third-order valence-corrected chi connectivity index (χ3v) is 5.26. The van der Waals surface area contributed by atoms with Crippen LogP contribution in [0.1, 0.15) is 24.0 Å². The van der Waals surface area contributed by atoms with Gasteiger partial charge in [-0.25, -0.2) is 0 Å². The number of methoxy groups -OCH3 is 1. The average molecular weight is 366 g/mol. The molecule has 0 spiro atoms. The molecule has 2 amide bonds. The van der Waals surface area contributed by atoms with Crippen molar-refractivity contribution in [1.82, 2.24) is 9.80 Å². The van der Waals surface area contributed by atoms with E-state index < -0.39 is 0 Å². The summed E-state index contributed by atoms with van der Waals surface area (Å²) in [5, 5.41) is 0. The molecule has 5 heteroatoms. The molecule has 2 aromatic carbocycles. The molecule has 142 valence electrons. The molecule has 2 aromatic rings. The summed E-state index contributed by atoms with van der Waals surface area (Å²) < 4.78 is 5.51. The minimum Gasteiger partial charge on any atom is -0.496 e. The van der Waals surface area contributed by atoms with Crippen LogP contribution >= 0.6 is 0 Å². The first-order chi connectivity index (χ1) is 13.0. The highest BCUT2D eigenvalue weighted by Gasteiger charge is 2.41. The second kappa shape index (κ2) is 8.25. The number of hydrogen-bond acceptors (Lipinski definition) is 3. The lowest BCUT2D eigenvalue weighted by Crippen LogP contribution is -2.36. The summed E-state index contributed by atoms with van der Waals surface area (Å²) >= 11 is 0. The zero-order valence-corrected chi connectivity index (χ0v) is 16.1. The van der Waals surface area contributed by atoms with Gasteiger partial charge in [0.25, 0.3) is 0 Å². The molecular formula is C22H26N2O3. The molecule has 1 fully saturated rings. The van der Waals surface area contributed by atoms with Crippen molar-refractivity contribution < 1.29 is 14.3 Å². The number of benzene rings is 2. The molecule has 0 aromatic heterocycles. The minimum atomic E-state index is -0.279. The van der Waals surface area contributed by atoms with E-state index in [4.69, 9.17) is 4.74 Å². The van der Waals surface area contributed by atoms with E-state index in [-0.39, 0.29) is 23.7 Å². The standard InChI is InChI=1S/C22H26N2O3/c1-16(25)24-14-19(18-11-7-8-12-21(18)27-3)20(15-24)22(26)23(2)13-17-9-5-4-6-10-17/h4-12,19-20H,13-15H2,1-3H3. The number of rotatable bonds is 5. The quantitative estimate of drug-likeness (QED) is 0.818.